The first kappa shape index (κ1) is 15.1. The number of benzene rings is 1. The molecule has 18 heavy (non-hydrogen) atoms. The lowest BCUT2D eigenvalue weighted by Crippen LogP contribution is -2.51. The Balaban J connectivity index is 2.84. The van der Waals surface area contributed by atoms with Gasteiger partial charge in [0.05, 0.1) is 13.6 Å². The van der Waals surface area contributed by atoms with Crippen molar-refractivity contribution in [3.05, 3.63) is 30.3 Å². The largest absolute Gasteiger partial charge is 0.386 e. The van der Waals surface area contributed by atoms with Crippen molar-refractivity contribution in [2.45, 2.75) is 13.0 Å². The predicted octanol–water partition coefficient (Wildman–Crippen LogP) is 0.892. The third-order valence-electron chi connectivity index (χ3n) is 3.09. The molecule has 2 unspecified atom stereocenters. The van der Waals surface area contributed by atoms with Crippen LogP contribution in [0.3, 0.4) is 0 Å². The molecule has 0 amide bonds. The van der Waals surface area contributed by atoms with Crippen LogP contribution in [0, 0.1) is 0 Å². The highest BCUT2D eigenvalue weighted by Crippen LogP contribution is 2.20. The number of hydrogen-bond donors (Lipinski definition) is 2. The van der Waals surface area contributed by atoms with E-state index < -0.39 is 22.0 Å². The normalized spacial score (nSPS) is 17.1. The molecule has 102 valence electrons. The van der Waals surface area contributed by atoms with Crippen molar-refractivity contribution in [1.29, 1.82) is 0 Å². The number of quaternary nitrogens is 1. The van der Waals surface area contributed by atoms with Gasteiger partial charge in [0.15, 0.2) is 0 Å². The highest BCUT2D eigenvalue weighted by molar-refractivity contribution is 7.85. The fourth-order valence-electron chi connectivity index (χ4n) is 1.97. The fraction of sp³-hybridized carbons (Fsp3) is 0.500. The summed E-state index contributed by atoms with van der Waals surface area (Å²) in [6, 6.07) is 9.57. The molecule has 1 aromatic carbocycles. The Bertz CT molecular complexity index is 474. The second kappa shape index (κ2) is 5.79. The average molecular weight is 274 g/mol. The summed E-state index contributed by atoms with van der Waals surface area (Å²) >= 11 is 0. The lowest BCUT2D eigenvalue weighted by atomic mass is 10.2. The molecule has 0 aliphatic carbocycles. The van der Waals surface area contributed by atoms with Gasteiger partial charge in [-0.3, -0.25) is 9.04 Å². The first-order valence-electron chi connectivity index (χ1n) is 5.80. The van der Waals surface area contributed by atoms with Gasteiger partial charge in [-0.25, -0.2) is 0 Å². The van der Waals surface area contributed by atoms with Gasteiger partial charge in [0.25, 0.3) is 10.1 Å². The summed E-state index contributed by atoms with van der Waals surface area (Å²) in [6.07, 6.45) is -1.09. The molecule has 0 saturated carbocycles. The maximum absolute atomic E-state index is 10.7. The molecule has 0 heterocycles. The van der Waals surface area contributed by atoms with Gasteiger partial charge in [0.1, 0.15) is 24.1 Å². The van der Waals surface area contributed by atoms with Crippen molar-refractivity contribution in [2.75, 3.05) is 25.9 Å². The first-order valence-corrected chi connectivity index (χ1v) is 7.41. The highest BCUT2D eigenvalue weighted by Gasteiger charge is 2.28. The van der Waals surface area contributed by atoms with Crippen molar-refractivity contribution in [1.82, 2.24) is 4.48 Å². The van der Waals surface area contributed by atoms with Crippen molar-refractivity contribution in [3.63, 3.8) is 0 Å². The monoisotopic (exact) mass is 274 g/mol. The molecule has 0 saturated heterocycles. The molecule has 0 fully saturated rings. The summed E-state index contributed by atoms with van der Waals surface area (Å²) in [7, 11) is -2.23. The number of aliphatic hydroxyl groups excluding tert-OH is 1. The van der Waals surface area contributed by atoms with E-state index in [0.29, 0.717) is 11.0 Å². The zero-order chi connectivity index (χ0) is 13.8. The molecule has 6 heteroatoms. The molecule has 0 bridgehead atoms. The Morgan fingerprint density at radius 2 is 1.83 bits per heavy atom. The van der Waals surface area contributed by atoms with Crippen molar-refractivity contribution in [2.24, 2.45) is 0 Å². The molecular formula is C12H20NO4S+. The van der Waals surface area contributed by atoms with Crippen molar-refractivity contribution in [3.8, 4) is 0 Å². The number of nitrogens with zero attached hydrogens (tertiary/aromatic N) is 1. The SMILES string of the molecule is CC[N+](C)(CC(O)CS(=O)(=O)O)c1ccccc1. The third-order valence-corrected chi connectivity index (χ3v) is 3.90. The topological polar surface area (TPSA) is 74.6 Å². The molecule has 0 spiro atoms. The van der Waals surface area contributed by atoms with Gasteiger partial charge in [0, 0.05) is 0 Å². The van der Waals surface area contributed by atoms with Gasteiger partial charge >= 0.3 is 0 Å². The van der Waals surface area contributed by atoms with E-state index >= 15 is 0 Å². The van der Waals surface area contributed by atoms with Crippen LogP contribution in [0.5, 0.6) is 0 Å². The Hall–Kier alpha value is -0.950. The highest BCUT2D eigenvalue weighted by atomic mass is 32.2. The summed E-state index contributed by atoms with van der Waals surface area (Å²) in [5.74, 6) is -0.631. The molecule has 0 aliphatic heterocycles. The van der Waals surface area contributed by atoms with Crippen LogP contribution in [0.1, 0.15) is 6.92 Å². The Morgan fingerprint density at radius 1 is 1.28 bits per heavy atom. The maximum atomic E-state index is 10.7. The van der Waals surface area contributed by atoms with E-state index in [1.165, 1.54) is 0 Å². The minimum atomic E-state index is -4.15. The van der Waals surface area contributed by atoms with Crippen LogP contribution < -0.4 is 4.48 Å². The molecule has 2 atom stereocenters. The number of rotatable bonds is 6. The van der Waals surface area contributed by atoms with Gasteiger partial charge in [-0.2, -0.15) is 8.42 Å². The summed E-state index contributed by atoms with van der Waals surface area (Å²) < 4.78 is 30.6. The summed E-state index contributed by atoms with van der Waals surface area (Å²) in [5, 5.41) is 9.76. The van der Waals surface area contributed by atoms with E-state index in [1.54, 1.807) is 0 Å². The molecule has 1 rings (SSSR count). The van der Waals surface area contributed by atoms with E-state index in [9.17, 15) is 13.5 Å². The standard InChI is InChI=1S/C12H19NO4S/c1-3-13(2,11-7-5-4-6-8-11)9-12(14)10-18(15,16)17/h4-8,12,14H,3,9-10H2,1-2H3/p+1. The smallest absolute Gasteiger partial charge is 0.267 e. The number of likely N-dealkylation sites (N-methyl/N-ethyl adjacent to an activating group) is 1. The molecular weight excluding hydrogens is 254 g/mol. The maximum Gasteiger partial charge on any atom is 0.267 e. The predicted molar refractivity (Wildman–Crippen MR) is 72.0 cm³/mol. The van der Waals surface area contributed by atoms with Crippen LogP contribution in [0.2, 0.25) is 0 Å². The minimum Gasteiger partial charge on any atom is -0.386 e. The summed E-state index contributed by atoms with van der Waals surface area (Å²) in [4.78, 5) is 0. The van der Waals surface area contributed by atoms with E-state index in [2.05, 4.69) is 0 Å². The zero-order valence-electron chi connectivity index (χ0n) is 10.7. The summed E-state index contributed by atoms with van der Waals surface area (Å²) in [6.45, 7) is 2.92. The molecule has 0 radical (unpaired) electrons. The molecule has 0 aromatic heterocycles. The average Bonchev–Trinajstić information content (AvgIpc) is 2.27. The van der Waals surface area contributed by atoms with E-state index in [4.69, 9.17) is 4.55 Å². The second-order valence-electron chi connectivity index (χ2n) is 4.63. The van der Waals surface area contributed by atoms with Gasteiger partial charge in [0.2, 0.25) is 0 Å². The molecule has 2 N–H and O–H groups in total. The van der Waals surface area contributed by atoms with Gasteiger partial charge in [-0.1, -0.05) is 18.2 Å². The molecule has 1 aromatic rings. The number of para-hydroxylation sites is 1. The van der Waals surface area contributed by atoms with Crippen LogP contribution >= 0.6 is 0 Å². The first-order chi connectivity index (χ1) is 8.27. The number of aliphatic hydroxyl groups is 1. The van der Waals surface area contributed by atoms with E-state index in [0.717, 1.165) is 5.69 Å². The van der Waals surface area contributed by atoms with Gasteiger partial charge in [-0.05, 0) is 19.1 Å². The van der Waals surface area contributed by atoms with E-state index in [-0.39, 0.29) is 6.54 Å². The Kier molecular flexibility index (Phi) is 4.86. The zero-order valence-corrected chi connectivity index (χ0v) is 11.5. The van der Waals surface area contributed by atoms with Crippen molar-refractivity contribution < 1.29 is 18.1 Å². The Labute approximate surface area is 108 Å². The van der Waals surface area contributed by atoms with Crippen LogP contribution in [-0.4, -0.2) is 50.1 Å². The molecule has 5 nitrogen and oxygen atoms in total. The lowest BCUT2D eigenvalue weighted by molar-refractivity contribution is 0.146. The second-order valence-corrected chi connectivity index (χ2v) is 6.13. The van der Waals surface area contributed by atoms with Crippen LogP contribution in [0.4, 0.5) is 5.69 Å². The summed E-state index contributed by atoms with van der Waals surface area (Å²) in [5.41, 5.74) is 0.995. The van der Waals surface area contributed by atoms with Crippen LogP contribution in [-0.2, 0) is 10.1 Å². The van der Waals surface area contributed by atoms with Crippen LogP contribution in [0.15, 0.2) is 30.3 Å². The van der Waals surface area contributed by atoms with Gasteiger partial charge in [-0.15, -0.1) is 0 Å². The fourth-order valence-corrected chi connectivity index (χ4v) is 2.56. The van der Waals surface area contributed by atoms with Crippen molar-refractivity contribution >= 4 is 15.8 Å². The lowest BCUT2D eigenvalue weighted by Gasteiger charge is -2.34. The van der Waals surface area contributed by atoms with Gasteiger partial charge < -0.3 is 5.11 Å². The third kappa shape index (κ3) is 4.38. The molecule has 0 aliphatic rings. The quantitative estimate of drug-likeness (QED) is 0.597. The minimum absolute atomic E-state index is 0.236. The van der Waals surface area contributed by atoms with Crippen LogP contribution in [0.25, 0.3) is 0 Å². The Morgan fingerprint density at radius 3 is 2.28 bits per heavy atom. The number of hydrogen-bond acceptors (Lipinski definition) is 3. The van der Waals surface area contributed by atoms with E-state index in [1.807, 2.05) is 44.3 Å².